The zero-order chi connectivity index (χ0) is 29.3. The number of hydrogen-bond acceptors (Lipinski definition) is 7. The molecule has 4 aromatic rings. The molecule has 41 heavy (non-hydrogen) atoms. The molecule has 0 saturated carbocycles. The first-order valence-corrected chi connectivity index (χ1v) is 14.3. The van der Waals surface area contributed by atoms with Crippen molar-refractivity contribution >= 4 is 34.1 Å². The summed E-state index contributed by atoms with van der Waals surface area (Å²) in [5.74, 6) is 1.62. The quantitative estimate of drug-likeness (QED) is 0.315. The maximum atomic E-state index is 14.2. The van der Waals surface area contributed by atoms with Crippen LogP contribution in [0.4, 0.5) is 0 Å². The van der Waals surface area contributed by atoms with Gasteiger partial charge in [-0.3, -0.25) is 14.2 Å². The predicted molar refractivity (Wildman–Crippen MR) is 162 cm³/mol. The summed E-state index contributed by atoms with van der Waals surface area (Å²) in [6, 6.07) is 16.6. The lowest BCUT2D eigenvalue weighted by atomic mass is 9.90. The van der Waals surface area contributed by atoms with E-state index in [0.717, 1.165) is 21.9 Å². The van der Waals surface area contributed by atoms with Crippen molar-refractivity contribution in [3.8, 4) is 17.2 Å². The molecule has 212 valence electrons. The number of fused-ring (bicyclic) bond motifs is 2. The average Bonchev–Trinajstić information content (AvgIpc) is 3.29. The second kappa shape index (κ2) is 11.6. The van der Waals surface area contributed by atoms with Gasteiger partial charge < -0.3 is 19.1 Å². The Bertz CT molecular complexity index is 1850. The second-order valence-electron chi connectivity index (χ2n) is 9.58. The third kappa shape index (κ3) is 4.91. The molecule has 0 N–H and O–H groups in total. The van der Waals surface area contributed by atoms with Gasteiger partial charge in [0.25, 0.3) is 11.5 Å². The molecule has 1 atom stereocenters. The predicted octanol–water partition coefficient (Wildman–Crippen LogP) is 4.28. The first-order chi connectivity index (χ1) is 19.9. The van der Waals surface area contributed by atoms with Gasteiger partial charge in [-0.25, -0.2) is 4.99 Å². The van der Waals surface area contributed by atoms with E-state index in [0.29, 0.717) is 50.9 Å². The summed E-state index contributed by atoms with van der Waals surface area (Å²) >= 11 is 1.29. The van der Waals surface area contributed by atoms with E-state index in [1.165, 1.54) is 11.3 Å². The molecule has 3 aromatic carbocycles. The fourth-order valence-electron chi connectivity index (χ4n) is 5.38. The monoisotopic (exact) mass is 571 g/mol. The molecule has 0 fully saturated rings. The van der Waals surface area contributed by atoms with E-state index in [9.17, 15) is 9.59 Å². The van der Waals surface area contributed by atoms with Crippen LogP contribution in [0.5, 0.6) is 17.2 Å². The number of carbonyl (C=O) groups is 1. The fourth-order valence-corrected chi connectivity index (χ4v) is 6.43. The summed E-state index contributed by atoms with van der Waals surface area (Å²) in [7, 11) is 4.76. The standard InChI is InChI=1S/C32H33N3O5S/c1-7-34(8-2)31(37)27-19(3)33-32-35(29(27)28-22-12-10-9-11-21(22)14-16-24(28)39-5)30(36)26(41-32)18-20-13-15-23(38-4)25(17-20)40-6/h9-18,29H,7-8H2,1-6H3/b26-18+/t29-/m0/s1. The summed E-state index contributed by atoms with van der Waals surface area (Å²) in [5.41, 5.74) is 2.35. The van der Waals surface area contributed by atoms with Gasteiger partial charge in [0.2, 0.25) is 0 Å². The summed E-state index contributed by atoms with van der Waals surface area (Å²) in [6.45, 7) is 6.81. The molecule has 9 heteroatoms. The number of nitrogens with zero attached hydrogens (tertiary/aromatic N) is 3. The van der Waals surface area contributed by atoms with Crippen molar-refractivity contribution in [2.24, 2.45) is 4.99 Å². The van der Waals surface area contributed by atoms with Crippen LogP contribution in [0.2, 0.25) is 0 Å². The Morgan fingerprint density at radius 2 is 1.66 bits per heavy atom. The van der Waals surface area contributed by atoms with Crippen LogP contribution in [0, 0.1) is 0 Å². The number of benzene rings is 3. The van der Waals surface area contributed by atoms with Crippen molar-refractivity contribution in [3.63, 3.8) is 0 Å². The van der Waals surface area contributed by atoms with Crippen LogP contribution in [0.25, 0.3) is 16.8 Å². The minimum Gasteiger partial charge on any atom is -0.496 e. The van der Waals surface area contributed by atoms with Crippen LogP contribution in [-0.2, 0) is 4.79 Å². The van der Waals surface area contributed by atoms with Crippen LogP contribution < -0.4 is 29.1 Å². The van der Waals surface area contributed by atoms with Gasteiger partial charge in [0.1, 0.15) is 11.8 Å². The Hall–Kier alpha value is -4.37. The third-order valence-electron chi connectivity index (χ3n) is 7.43. The molecular weight excluding hydrogens is 538 g/mol. The van der Waals surface area contributed by atoms with Gasteiger partial charge in [-0.05, 0) is 61.4 Å². The first kappa shape index (κ1) is 28.2. The molecule has 0 unspecified atom stereocenters. The smallest absolute Gasteiger partial charge is 0.271 e. The molecule has 8 nitrogen and oxygen atoms in total. The lowest BCUT2D eigenvalue weighted by Gasteiger charge is -2.30. The van der Waals surface area contributed by atoms with Gasteiger partial charge in [0.15, 0.2) is 16.3 Å². The number of rotatable bonds is 8. The van der Waals surface area contributed by atoms with Crippen LogP contribution in [-0.4, -0.2) is 49.8 Å². The molecule has 1 aromatic heterocycles. The summed E-state index contributed by atoms with van der Waals surface area (Å²) in [6.07, 6.45) is 1.81. The van der Waals surface area contributed by atoms with Gasteiger partial charge in [0, 0.05) is 18.7 Å². The minimum atomic E-state index is -0.729. The number of carbonyl (C=O) groups excluding carboxylic acids is 1. The molecule has 1 aliphatic rings. The highest BCUT2D eigenvalue weighted by Gasteiger charge is 2.36. The molecule has 0 bridgehead atoms. The number of hydrogen-bond donors (Lipinski definition) is 0. The Balaban J connectivity index is 1.82. The number of methoxy groups -OCH3 is 3. The molecule has 5 rings (SSSR count). The van der Waals surface area contributed by atoms with Crippen molar-refractivity contribution in [2.45, 2.75) is 26.8 Å². The van der Waals surface area contributed by atoms with Crippen molar-refractivity contribution in [2.75, 3.05) is 34.4 Å². The Morgan fingerprint density at radius 3 is 2.34 bits per heavy atom. The molecule has 1 aliphatic heterocycles. The first-order valence-electron chi connectivity index (χ1n) is 13.5. The summed E-state index contributed by atoms with van der Waals surface area (Å²) in [5, 5.41) is 1.89. The van der Waals surface area contributed by atoms with Crippen molar-refractivity contribution in [1.82, 2.24) is 9.47 Å². The molecule has 1 amide bonds. The molecule has 0 radical (unpaired) electrons. The third-order valence-corrected chi connectivity index (χ3v) is 8.42. The highest BCUT2D eigenvalue weighted by molar-refractivity contribution is 7.07. The normalized spacial score (nSPS) is 15.0. The van der Waals surface area contributed by atoms with Gasteiger partial charge in [-0.1, -0.05) is 47.7 Å². The summed E-state index contributed by atoms with van der Waals surface area (Å²) < 4.78 is 18.8. The maximum Gasteiger partial charge on any atom is 0.271 e. The molecular formula is C32H33N3O5S. The molecule has 0 saturated heterocycles. The van der Waals surface area contributed by atoms with Crippen LogP contribution in [0.15, 0.2) is 75.7 Å². The number of likely N-dealkylation sites (N-methyl/N-ethyl adjacent to an activating group) is 1. The SMILES string of the molecule is CCN(CC)C(=O)C1=C(C)N=c2s/c(=C/c3ccc(OC)c(OC)c3)c(=O)n2[C@@H]1c1c(OC)ccc2ccccc12. The van der Waals surface area contributed by atoms with Gasteiger partial charge >= 0.3 is 0 Å². The zero-order valence-corrected chi connectivity index (χ0v) is 24.9. The van der Waals surface area contributed by atoms with Crippen molar-refractivity contribution in [1.29, 1.82) is 0 Å². The van der Waals surface area contributed by atoms with Crippen LogP contribution in [0.1, 0.15) is 37.9 Å². The van der Waals surface area contributed by atoms with Gasteiger partial charge in [-0.2, -0.15) is 0 Å². The minimum absolute atomic E-state index is 0.148. The zero-order valence-electron chi connectivity index (χ0n) is 24.1. The Labute approximate surface area is 242 Å². The maximum absolute atomic E-state index is 14.2. The number of allylic oxidation sites excluding steroid dienone is 1. The highest BCUT2D eigenvalue weighted by atomic mass is 32.1. The highest BCUT2D eigenvalue weighted by Crippen LogP contribution is 2.40. The van der Waals surface area contributed by atoms with Gasteiger partial charge in [0.05, 0.1) is 37.1 Å². The Morgan fingerprint density at radius 1 is 0.976 bits per heavy atom. The molecule has 0 spiro atoms. The largest absolute Gasteiger partial charge is 0.496 e. The van der Waals surface area contributed by atoms with E-state index in [2.05, 4.69) is 0 Å². The van der Waals surface area contributed by atoms with Crippen molar-refractivity contribution in [3.05, 3.63) is 96.7 Å². The fraction of sp³-hybridized carbons (Fsp3) is 0.281. The average molecular weight is 572 g/mol. The van der Waals surface area contributed by atoms with E-state index < -0.39 is 6.04 Å². The molecule has 0 aliphatic carbocycles. The van der Waals surface area contributed by atoms with E-state index in [1.54, 1.807) is 36.9 Å². The van der Waals surface area contributed by atoms with E-state index in [4.69, 9.17) is 19.2 Å². The van der Waals surface area contributed by atoms with Gasteiger partial charge in [-0.15, -0.1) is 0 Å². The van der Waals surface area contributed by atoms with Crippen LogP contribution in [0.3, 0.4) is 0 Å². The van der Waals surface area contributed by atoms with Crippen molar-refractivity contribution < 1.29 is 19.0 Å². The summed E-state index contributed by atoms with van der Waals surface area (Å²) in [4.78, 5) is 35.4. The lowest BCUT2D eigenvalue weighted by molar-refractivity contribution is -0.127. The van der Waals surface area contributed by atoms with E-state index in [-0.39, 0.29) is 11.5 Å². The molecule has 2 heterocycles. The topological polar surface area (TPSA) is 82.4 Å². The lowest BCUT2D eigenvalue weighted by Crippen LogP contribution is -2.43. The second-order valence-corrected chi connectivity index (χ2v) is 10.6. The number of thiazole rings is 1. The van der Waals surface area contributed by atoms with Crippen LogP contribution >= 0.6 is 11.3 Å². The number of aromatic nitrogens is 1. The van der Waals surface area contributed by atoms with E-state index >= 15 is 0 Å². The Kier molecular flexibility index (Phi) is 7.99. The number of amides is 1. The van der Waals surface area contributed by atoms with E-state index in [1.807, 2.05) is 75.4 Å². The number of ether oxygens (including phenoxy) is 3.